The van der Waals surface area contributed by atoms with Gasteiger partial charge >= 0.3 is 0 Å². The van der Waals surface area contributed by atoms with Gasteiger partial charge in [0.1, 0.15) is 5.75 Å². The highest BCUT2D eigenvalue weighted by Crippen LogP contribution is 2.62. The van der Waals surface area contributed by atoms with Gasteiger partial charge in [-0.3, -0.25) is 19.2 Å². The van der Waals surface area contributed by atoms with E-state index < -0.39 is 32.7 Å². The minimum Gasteiger partial charge on any atom is -0.497 e. The van der Waals surface area contributed by atoms with E-state index in [1.54, 1.807) is 45.1 Å². The Bertz CT molecular complexity index is 2340. The van der Waals surface area contributed by atoms with Crippen molar-refractivity contribution in [3.63, 3.8) is 0 Å². The molecule has 6 aliphatic heterocycles. The first-order valence-corrected chi connectivity index (χ1v) is 23.6. The molecule has 61 heavy (non-hydrogen) atoms. The standard InChI is InChI=1S/C46H50N4O7S4/c1-29-7-19-34(20-8-29)37-58-43(39(53)49(4)45(27-51,60-37)41(55)47(43)2)25-32-15-11-30(12-16-32)9-10-31-13-17-33(18-14-31)26-44-40(54)50(5)46(28-52,42(56)48(44)3)61-38(59-44)35-21-23-36(57-6)24-22-35/h7-8,11-24,37-38,51-52H,9-10,25-28H2,1-6H3/t37?,38?,43-,44-,45-,46-/m1/s1. The Morgan fingerprint density at radius 3 is 1.16 bits per heavy atom. The van der Waals surface area contributed by atoms with Crippen LogP contribution >= 0.6 is 47.0 Å². The summed E-state index contributed by atoms with van der Waals surface area (Å²) in [7, 11) is 8.20. The molecule has 15 heteroatoms. The fourth-order valence-electron chi connectivity index (χ4n) is 8.69. The lowest BCUT2D eigenvalue weighted by Gasteiger charge is -2.50. The molecule has 6 atom stereocenters. The summed E-state index contributed by atoms with van der Waals surface area (Å²) in [6, 6.07) is 32.2. The first kappa shape index (κ1) is 43.5. The first-order valence-electron chi connectivity index (χ1n) is 20.1. The van der Waals surface area contributed by atoms with Crippen LogP contribution in [0.1, 0.15) is 48.1 Å². The van der Waals surface area contributed by atoms with Crippen molar-refractivity contribution < 1.29 is 34.1 Å². The third-order valence-corrected chi connectivity index (χ3v) is 19.7. The number of aryl methyl sites for hydroxylation is 3. The number of hydrogen-bond acceptors (Lipinski definition) is 11. The molecule has 2 N–H and O–H groups in total. The van der Waals surface area contributed by atoms with E-state index in [-0.39, 0.29) is 32.8 Å². The SMILES string of the molecule is COc1ccc(C2S[C@]3(CO)C(=O)N(C)[C@](Cc4ccc(CCc5ccc(C[C@]67SC(c8ccc(C)cc8)S[C@](CO)(C(=O)N6C)N(C)C7=O)cc5)cc4)(S2)C(=O)N3C)cc1. The predicted molar refractivity (Wildman–Crippen MR) is 244 cm³/mol. The van der Waals surface area contributed by atoms with Crippen LogP contribution in [-0.2, 0) is 44.9 Å². The van der Waals surface area contributed by atoms with Gasteiger partial charge in [-0.2, -0.15) is 0 Å². The molecule has 6 aliphatic rings. The lowest BCUT2D eigenvalue weighted by Crippen LogP contribution is -2.73. The Hall–Kier alpha value is -4.12. The number of nitrogens with zero attached hydrogens (tertiary/aromatic N) is 4. The van der Waals surface area contributed by atoms with E-state index in [4.69, 9.17) is 4.74 Å². The van der Waals surface area contributed by atoms with Crippen LogP contribution in [0.3, 0.4) is 0 Å². The molecule has 10 rings (SSSR count). The maximum absolute atomic E-state index is 14.3. The Morgan fingerprint density at radius 2 is 0.803 bits per heavy atom. The number of aliphatic hydroxyl groups excluding tert-OH is 2. The summed E-state index contributed by atoms with van der Waals surface area (Å²) < 4.78 is 4.79. The minimum absolute atomic E-state index is 0.201. The number of hydrogen-bond donors (Lipinski definition) is 2. The summed E-state index contributed by atoms with van der Waals surface area (Å²) in [5, 5.41) is 21.3. The quantitative estimate of drug-likeness (QED) is 0.177. The second kappa shape index (κ2) is 16.5. The summed E-state index contributed by atoms with van der Waals surface area (Å²) in [6.07, 6.45) is 2.15. The maximum atomic E-state index is 14.3. The van der Waals surface area contributed by atoms with E-state index in [0.29, 0.717) is 18.6 Å². The zero-order valence-electron chi connectivity index (χ0n) is 35.0. The van der Waals surface area contributed by atoms with Gasteiger partial charge in [0.15, 0.2) is 19.5 Å². The number of amides is 4. The average Bonchev–Trinajstić information content (AvgIpc) is 3.55. The zero-order valence-corrected chi connectivity index (χ0v) is 38.3. The van der Waals surface area contributed by atoms with Gasteiger partial charge in [-0.15, -0.1) is 47.0 Å². The van der Waals surface area contributed by atoms with Crippen LogP contribution in [0.4, 0.5) is 0 Å². The number of carbonyl (C=O) groups is 4. The van der Waals surface area contributed by atoms with Crippen LogP contribution in [0.2, 0.25) is 0 Å². The number of methoxy groups -OCH3 is 1. The number of carbonyl (C=O) groups excluding carboxylic acids is 4. The molecule has 4 amide bonds. The summed E-state index contributed by atoms with van der Waals surface area (Å²) in [4.78, 5) is 57.5. The number of thioether (sulfide) groups is 4. The van der Waals surface area contributed by atoms with Gasteiger partial charge in [0.25, 0.3) is 23.6 Å². The number of ether oxygens (including phenoxy) is 1. The predicted octanol–water partition coefficient (Wildman–Crippen LogP) is 5.86. The summed E-state index contributed by atoms with van der Waals surface area (Å²) in [6.45, 7) is 1.04. The molecule has 6 saturated heterocycles. The second-order valence-corrected chi connectivity index (χ2v) is 22.3. The lowest BCUT2D eigenvalue weighted by atomic mass is 9.95. The monoisotopic (exact) mass is 898 g/mol. The highest BCUT2D eigenvalue weighted by atomic mass is 32.2. The number of fused-ring (bicyclic) bond motifs is 8. The van der Waals surface area contributed by atoms with Gasteiger partial charge in [-0.05, 0) is 65.3 Å². The number of piperazine rings is 2. The summed E-state index contributed by atoms with van der Waals surface area (Å²) >= 11 is 5.55. The molecule has 4 aromatic carbocycles. The largest absolute Gasteiger partial charge is 0.497 e. The van der Waals surface area contributed by atoms with E-state index in [1.807, 2.05) is 79.7 Å². The molecule has 0 aromatic heterocycles. The van der Waals surface area contributed by atoms with Crippen LogP contribution in [0, 0.1) is 6.92 Å². The van der Waals surface area contributed by atoms with Gasteiger partial charge in [0, 0.05) is 41.0 Å². The molecule has 6 fully saturated rings. The van der Waals surface area contributed by atoms with Crippen molar-refractivity contribution in [2.45, 2.75) is 61.3 Å². The number of likely N-dealkylation sites (N-methyl/N-ethyl adjacent to an activating group) is 4. The normalized spacial score (nSPS) is 28.7. The molecule has 11 nitrogen and oxygen atoms in total. The van der Waals surface area contributed by atoms with Crippen molar-refractivity contribution in [2.24, 2.45) is 0 Å². The molecule has 2 unspecified atom stereocenters. The number of aliphatic hydroxyl groups is 2. The minimum atomic E-state index is -1.43. The second-order valence-electron chi connectivity index (χ2n) is 16.2. The van der Waals surface area contributed by atoms with Crippen molar-refractivity contribution in [3.8, 4) is 5.75 Å². The van der Waals surface area contributed by atoms with Crippen molar-refractivity contribution in [2.75, 3.05) is 48.5 Å². The van der Waals surface area contributed by atoms with Crippen LogP contribution < -0.4 is 4.74 Å². The molecule has 0 radical (unpaired) electrons. The highest BCUT2D eigenvalue weighted by molar-refractivity contribution is 8.19. The van der Waals surface area contributed by atoms with Gasteiger partial charge in [-0.1, -0.05) is 90.5 Å². The van der Waals surface area contributed by atoms with Crippen molar-refractivity contribution in [3.05, 3.63) is 136 Å². The van der Waals surface area contributed by atoms with E-state index in [1.165, 1.54) is 56.8 Å². The number of rotatable bonds is 12. The van der Waals surface area contributed by atoms with E-state index in [0.717, 1.165) is 51.8 Å². The Labute approximate surface area is 373 Å². The van der Waals surface area contributed by atoms with Crippen molar-refractivity contribution >= 4 is 70.7 Å². The van der Waals surface area contributed by atoms with Gasteiger partial charge in [-0.25, -0.2) is 0 Å². The molecule has 4 aromatic rings. The topological polar surface area (TPSA) is 131 Å². The Balaban J connectivity index is 0.974. The fraction of sp³-hybridized carbons (Fsp3) is 0.391. The van der Waals surface area contributed by atoms with Crippen molar-refractivity contribution in [1.82, 2.24) is 19.6 Å². The Kier molecular flexibility index (Phi) is 11.8. The molecular formula is C46H50N4O7S4. The highest BCUT2D eigenvalue weighted by Gasteiger charge is 2.67. The molecule has 0 saturated carbocycles. The molecular weight excluding hydrogens is 849 g/mol. The van der Waals surface area contributed by atoms with E-state index >= 15 is 0 Å². The Morgan fingerprint density at radius 1 is 0.492 bits per heavy atom. The van der Waals surface area contributed by atoms with E-state index in [2.05, 4.69) is 24.3 Å². The molecule has 320 valence electrons. The average molecular weight is 899 g/mol. The van der Waals surface area contributed by atoms with Crippen LogP contribution in [0.5, 0.6) is 5.75 Å². The van der Waals surface area contributed by atoms with Gasteiger partial charge in [0.2, 0.25) is 0 Å². The third kappa shape index (κ3) is 7.13. The molecule has 0 spiro atoms. The molecule has 4 bridgehead atoms. The summed E-state index contributed by atoms with van der Waals surface area (Å²) in [5.41, 5.74) is 7.13. The van der Waals surface area contributed by atoms with Crippen LogP contribution in [0.25, 0.3) is 0 Å². The van der Waals surface area contributed by atoms with Gasteiger partial charge < -0.3 is 34.5 Å². The first-order chi connectivity index (χ1) is 29.2. The van der Waals surface area contributed by atoms with Crippen LogP contribution in [0.15, 0.2) is 97.1 Å². The van der Waals surface area contributed by atoms with Crippen LogP contribution in [-0.4, -0.2) is 121 Å². The molecule has 0 aliphatic carbocycles. The number of benzene rings is 4. The third-order valence-electron chi connectivity index (χ3n) is 12.7. The summed E-state index contributed by atoms with van der Waals surface area (Å²) in [5.74, 6) is -0.291. The zero-order chi connectivity index (χ0) is 43.5. The van der Waals surface area contributed by atoms with E-state index in [9.17, 15) is 29.4 Å². The smallest absolute Gasteiger partial charge is 0.262 e. The van der Waals surface area contributed by atoms with Crippen molar-refractivity contribution in [1.29, 1.82) is 0 Å². The lowest BCUT2D eigenvalue weighted by molar-refractivity contribution is -0.164. The molecule has 6 heterocycles. The fourth-order valence-corrected chi connectivity index (χ4v) is 16.1. The van der Waals surface area contributed by atoms with Gasteiger partial charge in [0.05, 0.1) is 29.5 Å². The maximum Gasteiger partial charge on any atom is 0.262 e.